The largest absolute Gasteiger partial charge is 0.311 e. The Hall–Kier alpha value is -2.51. The smallest absolute Gasteiger partial charge is 0.251 e. The number of aryl methyl sites for hydroxylation is 1. The number of halogens is 1. The van der Waals surface area contributed by atoms with Crippen LogP contribution in [0.3, 0.4) is 0 Å². The molecule has 30 heavy (non-hydrogen) atoms. The molecule has 0 radical (unpaired) electrons. The molecule has 0 saturated carbocycles. The number of hydrogen-bond donors (Lipinski definition) is 4. The van der Waals surface area contributed by atoms with Crippen LogP contribution in [0, 0.1) is 12.8 Å². The van der Waals surface area contributed by atoms with Crippen molar-refractivity contribution in [1.29, 1.82) is 0 Å². The molecule has 0 aliphatic carbocycles. The van der Waals surface area contributed by atoms with Crippen LogP contribution in [0.4, 0.5) is 0 Å². The highest BCUT2D eigenvalue weighted by atomic mass is 35.5. The van der Waals surface area contributed by atoms with Gasteiger partial charge < -0.3 is 10.3 Å². The summed E-state index contributed by atoms with van der Waals surface area (Å²) in [7, 11) is 0. The van der Waals surface area contributed by atoms with E-state index < -0.39 is 0 Å². The summed E-state index contributed by atoms with van der Waals surface area (Å²) in [6, 6.07) is 20.1. The molecule has 156 valence electrons. The summed E-state index contributed by atoms with van der Waals surface area (Å²) in [5.41, 5.74) is 9.72. The summed E-state index contributed by atoms with van der Waals surface area (Å²) in [4.78, 5) is 19.1. The molecule has 1 fully saturated rings. The maximum atomic E-state index is 11.9. The lowest BCUT2D eigenvalue weighted by Crippen LogP contribution is -2.32. The van der Waals surface area contributed by atoms with Gasteiger partial charge in [-0.2, -0.15) is 0 Å². The van der Waals surface area contributed by atoms with Crippen LogP contribution < -0.4 is 21.7 Å². The highest BCUT2D eigenvalue weighted by Crippen LogP contribution is 2.26. The number of nitrogens with one attached hydrogen (secondary N) is 4. The van der Waals surface area contributed by atoms with Crippen molar-refractivity contribution in [2.24, 2.45) is 5.92 Å². The standard InChI is InChI=1S/C23H26ClN5O/c1-15-27-20(12-22(30)28-15)11-21(16-7-9-19(24)10-8-16)25-13-18-14-26-29-23(18)17-5-3-2-4-6-17/h2-10,12,18,21,23,25-26,29H,11,13-14H2,1H3,(H,27,28,30). The molecule has 6 nitrogen and oxygen atoms in total. The van der Waals surface area contributed by atoms with E-state index in [9.17, 15) is 4.79 Å². The zero-order valence-corrected chi connectivity index (χ0v) is 17.6. The third kappa shape index (κ3) is 5.15. The van der Waals surface area contributed by atoms with Gasteiger partial charge in [0.2, 0.25) is 0 Å². The normalized spacial score (nSPS) is 19.7. The van der Waals surface area contributed by atoms with E-state index in [0.717, 1.165) is 24.3 Å². The van der Waals surface area contributed by atoms with Crippen molar-refractivity contribution >= 4 is 11.6 Å². The zero-order chi connectivity index (χ0) is 20.9. The maximum Gasteiger partial charge on any atom is 0.251 e. The van der Waals surface area contributed by atoms with E-state index in [1.165, 1.54) is 5.56 Å². The van der Waals surface area contributed by atoms with E-state index in [0.29, 0.717) is 23.2 Å². The fourth-order valence-electron chi connectivity index (χ4n) is 3.99. The number of hydrogen-bond acceptors (Lipinski definition) is 5. The highest BCUT2D eigenvalue weighted by Gasteiger charge is 2.28. The summed E-state index contributed by atoms with van der Waals surface area (Å²) in [6.45, 7) is 3.49. The fourth-order valence-corrected chi connectivity index (χ4v) is 4.12. The Labute approximate surface area is 181 Å². The lowest BCUT2D eigenvalue weighted by molar-refractivity contribution is 0.406. The highest BCUT2D eigenvalue weighted by molar-refractivity contribution is 6.30. The Morgan fingerprint density at radius 2 is 1.93 bits per heavy atom. The van der Waals surface area contributed by atoms with Gasteiger partial charge in [-0.1, -0.05) is 54.1 Å². The minimum absolute atomic E-state index is 0.0213. The van der Waals surface area contributed by atoms with Gasteiger partial charge in [0, 0.05) is 48.3 Å². The number of H-pyrrole nitrogens is 1. The molecule has 2 aromatic carbocycles. The van der Waals surface area contributed by atoms with Crippen molar-refractivity contribution < 1.29 is 0 Å². The number of aromatic nitrogens is 2. The predicted molar refractivity (Wildman–Crippen MR) is 119 cm³/mol. The molecule has 1 aliphatic rings. The number of aromatic amines is 1. The van der Waals surface area contributed by atoms with Crippen LogP contribution in [0.2, 0.25) is 5.02 Å². The molecule has 3 unspecified atom stereocenters. The van der Waals surface area contributed by atoms with Gasteiger partial charge in [-0.05, 0) is 30.2 Å². The van der Waals surface area contributed by atoms with Crippen LogP contribution in [0.25, 0.3) is 0 Å². The van der Waals surface area contributed by atoms with Crippen molar-refractivity contribution in [3.05, 3.63) is 98.7 Å². The molecule has 2 heterocycles. The maximum absolute atomic E-state index is 11.9. The van der Waals surface area contributed by atoms with Crippen LogP contribution in [0.5, 0.6) is 0 Å². The van der Waals surface area contributed by atoms with Gasteiger partial charge in [0.05, 0.1) is 6.04 Å². The van der Waals surface area contributed by atoms with Crippen molar-refractivity contribution in [1.82, 2.24) is 26.1 Å². The van der Waals surface area contributed by atoms with E-state index in [2.05, 4.69) is 50.4 Å². The first-order chi connectivity index (χ1) is 14.6. The van der Waals surface area contributed by atoms with E-state index in [4.69, 9.17) is 11.6 Å². The Bertz CT molecular complexity index is 1020. The number of benzene rings is 2. The number of rotatable bonds is 7. The van der Waals surface area contributed by atoms with Crippen molar-refractivity contribution in [2.75, 3.05) is 13.1 Å². The van der Waals surface area contributed by atoms with E-state index in [1.807, 2.05) is 30.3 Å². The number of nitrogens with zero attached hydrogens (tertiary/aromatic N) is 1. The first-order valence-electron chi connectivity index (χ1n) is 10.2. The monoisotopic (exact) mass is 423 g/mol. The van der Waals surface area contributed by atoms with E-state index >= 15 is 0 Å². The summed E-state index contributed by atoms with van der Waals surface area (Å²) in [6.07, 6.45) is 0.621. The predicted octanol–water partition coefficient (Wildman–Crippen LogP) is 3.07. The van der Waals surface area contributed by atoms with Gasteiger partial charge >= 0.3 is 0 Å². The molecule has 1 saturated heterocycles. The number of hydrazine groups is 1. The molecule has 1 aromatic heterocycles. The van der Waals surface area contributed by atoms with Crippen molar-refractivity contribution in [3.63, 3.8) is 0 Å². The van der Waals surface area contributed by atoms with E-state index in [-0.39, 0.29) is 17.6 Å². The topological polar surface area (TPSA) is 81.8 Å². The van der Waals surface area contributed by atoms with Crippen LogP contribution >= 0.6 is 11.6 Å². The summed E-state index contributed by atoms with van der Waals surface area (Å²) < 4.78 is 0. The Morgan fingerprint density at radius 3 is 2.67 bits per heavy atom. The Balaban J connectivity index is 1.52. The van der Waals surface area contributed by atoms with Gasteiger partial charge in [0.15, 0.2) is 0 Å². The second-order valence-corrected chi connectivity index (χ2v) is 8.15. The summed E-state index contributed by atoms with van der Waals surface area (Å²) in [5, 5.41) is 4.41. The minimum atomic E-state index is -0.124. The van der Waals surface area contributed by atoms with Crippen molar-refractivity contribution in [2.45, 2.75) is 25.4 Å². The molecular weight excluding hydrogens is 398 g/mol. The lowest BCUT2D eigenvalue weighted by atomic mass is 9.94. The molecule has 0 spiro atoms. The zero-order valence-electron chi connectivity index (χ0n) is 16.9. The minimum Gasteiger partial charge on any atom is -0.311 e. The van der Waals surface area contributed by atoms with Crippen molar-refractivity contribution in [3.8, 4) is 0 Å². The third-order valence-corrected chi connectivity index (χ3v) is 5.73. The van der Waals surface area contributed by atoms with Gasteiger partial charge in [0.25, 0.3) is 5.56 Å². The van der Waals surface area contributed by atoms with Gasteiger partial charge in [-0.3, -0.25) is 10.2 Å². The third-order valence-electron chi connectivity index (χ3n) is 5.48. The summed E-state index contributed by atoms with van der Waals surface area (Å²) >= 11 is 6.09. The van der Waals surface area contributed by atoms with Crippen LogP contribution in [-0.2, 0) is 6.42 Å². The second kappa shape index (κ2) is 9.53. The second-order valence-electron chi connectivity index (χ2n) is 7.71. The first kappa shape index (κ1) is 20.8. The van der Waals surface area contributed by atoms with Gasteiger partial charge in [-0.15, -0.1) is 0 Å². The molecule has 7 heteroatoms. The summed E-state index contributed by atoms with van der Waals surface area (Å²) in [5.74, 6) is 1.01. The Morgan fingerprint density at radius 1 is 1.17 bits per heavy atom. The Kier molecular flexibility index (Phi) is 6.59. The molecule has 1 aliphatic heterocycles. The average molecular weight is 424 g/mol. The van der Waals surface area contributed by atoms with Crippen LogP contribution in [-0.4, -0.2) is 23.1 Å². The molecule has 4 N–H and O–H groups in total. The SMILES string of the molecule is Cc1nc(CC(NCC2CNNC2c2ccccc2)c2ccc(Cl)cc2)cc(=O)[nH]1. The molecular formula is C23H26ClN5O. The molecule has 4 rings (SSSR count). The van der Waals surface area contributed by atoms with Gasteiger partial charge in [0.1, 0.15) is 5.82 Å². The molecule has 3 atom stereocenters. The van der Waals surface area contributed by atoms with E-state index in [1.54, 1.807) is 13.0 Å². The van der Waals surface area contributed by atoms with Gasteiger partial charge in [-0.25, -0.2) is 10.4 Å². The first-order valence-corrected chi connectivity index (χ1v) is 10.6. The lowest BCUT2D eigenvalue weighted by Gasteiger charge is -2.24. The van der Waals surface area contributed by atoms with Crippen LogP contribution in [0.15, 0.2) is 65.5 Å². The average Bonchev–Trinajstić information content (AvgIpc) is 3.20. The van der Waals surface area contributed by atoms with Crippen LogP contribution in [0.1, 0.15) is 34.7 Å². The molecule has 0 amide bonds. The quantitative estimate of drug-likeness (QED) is 0.469. The fraction of sp³-hybridized carbons (Fsp3) is 0.304. The molecule has 0 bridgehead atoms. The molecule has 3 aromatic rings.